The maximum Gasteiger partial charge on any atom is 0.254 e. The van der Waals surface area contributed by atoms with Gasteiger partial charge in [-0.25, -0.2) is 0 Å². The summed E-state index contributed by atoms with van der Waals surface area (Å²) in [7, 11) is 1.87. The topological polar surface area (TPSA) is 63.1 Å². The summed E-state index contributed by atoms with van der Waals surface area (Å²) < 4.78 is 13.8. The molecule has 1 atom stereocenters. The summed E-state index contributed by atoms with van der Waals surface area (Å²) in [5.74, 6) is 1.63. The fourth-order valence-corrected chi connectivity index (χ4v) is 5.48. The molecule has 0 aliphatic carbocycles. The fourth-order valence-electron chi connectivity index (χ4n) is 5.48. The SMILES string of the molecule is C[C@@H]1CCCN1CCCOc1ccc(N2CCC3(CC2)CN(c2ccn(C)n2)C(=O)CO3)cc1. The minimum Gasteiger partial charge on any atom is -0.494 e. The Bertz CT molecular complexity index is 967. The normalized spacial score (nSPS) is 23.1. The van der Waals surface area contributed by atoms with Gasteiger partial charge in [0.1, 0.15) is 12.4 Å². The van der Waals surface area contributed by atoms with Gasteiger partial charge in [0.15, 0.2) is 5.82 Å². The molecule has 1 aromatic heterocycles. The summed E-state index contributed by atoms with van der Waals surface area (Å²) >= 11 is 0. The number of piperidine rings is 1. The second-order valence-corrected chi connectivity index (χ2v) is 10.0. The van der Waals surface area contributed by atoms with E-state index in [1.54, 1.807) is 9.58 Å². The van der Waals surface area contributed by atoms with Crippen LogP contribution in [0.3, 0.4) is 0 Å². The fraction of sp³-hybridized carbons (Fsp3) is 0.615. The van der Waals surface area contributed by atoms with Crippen molar-refractivity contribution >= 4 is 17.4 Å². The highest BCUT2D eigenvalue weighted by Crippen LogP contribution is 2.34. The van der Waals surface area contributed by atoms with Crippen LogP contribution in [-0.2, 0) is 16.6 Å². The van der Waals surface area contributed by atoms with Gasteiger partial charge in [-0.3, -0.25) is 14.4 Å². The van der Waals surface area contributed by atoms with Crippen LogP contribution >= 0.6 is 0 Å². The molecule has 8 heteroatoms. The molecule has 3 saturated heterocycles. The van der Waals surface area contributed by atoms with Crippen molar-refractivity contribution in [1.82, 2.24) is 14.7 Å². The number of rotatable bonds is 7. The number of ether oxygens (including phenoxy) is 2. The van der Waals surface area contributed by atoms with E-state index >= 15 is 0 Å². The van der Waals surface area contributed by atoms with Crippen LogP contribution in [0.25, 0.3) is 0 Å². The van der Waals surface area contributed by atoms with E-state index in [9.17, 15) is 4.79 Å². The van der Waals surface area contributed by atoms with Crippen molar-refractivity contribution in [3.63, 3.8) is 0 Å². The van der Waals surface area contributed by atoms with Crippen LogP contribution in [-0.4, -0.2) is 78.2 Å². The molecule has 3 fully saturated rings. The van der Waals surface area contributed by atoms with Gasteiger partial charge in [0.25, 0.3) is 5.91 Å². The lowest BCUT2D eigenvalue weighted by Gasteiger charge is -2.47. The van der Waals surface area contributed by atoms with E-state index in [-0.39, 0.29) is 18.1 Å². The van der Waals surface area contributed by atoms with Gasteiger partial charge < -0.3 is 19.3 Å². The van der Waals surface area contributed by atoms with Crippen LogP contribution in [0, 0.1) is 0 Å². The molecule has 34 heavy (non-hydrogen) atoms. The molecule has 3 aliphatic rings. The number of anilines is 2. The Morgan fingerprint density at radius 3 is 2.62 bits per heavy atom. The van der Waals surface area contributed by atoms with E-state index in [1.807, 2.05) is 19.3 Å². The average molecular weight is 468 g/mol. The third-order valence-electron chi connectivity index (χ3n) is 7.65. The number of nitrogens with zero attached hydrogens (tertiary/aromatic N) is 5. The summed E-state index contributed by atoms with van der Waals surface area (Å²) in [5.41, 5.74) is 0.916. The van der Waals surface area contributed by atoms with E-state index in [2.05, 4.69) is 46.1 Å². The van der Waals surface area contributed by atoms with Crippen LogP contribution in [0.2, 0.25) is 0 Å². The maximum atomic E-state index is 12.5. The van der Waals surface area contributed by atoms with Crippen LogP contribution in [0.5, 0.6) is 5.75 Å². The molecule has 1 amide bonds. The second kappa shape index (κ2) is 9.96. The Kier molecular flexibility index (Phi) is 6.79. The lowest BCUT2D eigenvalue weighted by Crippen LogP contribution is -2.59. The number of hydrogen-bond donors (Lipinski definition) is 0. The van der Waals surface area contributed by atoms with Gasteiger partial charge in [-0.1, -0.05) is 0 Å². The minimum atomic E-state index is -0.294. The number of aromatic nitrogens is 2. The summed E-state index contributed by atoms with van der Waals surface area (Å²) in [5, 5.41) is 4.42. The molecule has 0 radical (unpaired) electrons. The molecule has 0 N–H and O–H groups in total. The zero-order chi connectivity index (χ0) is 23.5. The van der Waals surface area contributed by atoms with Crippen molar-refractivity contribution in [3.8, 4) is 5.75 Å². The molecule has 8 nitrogen and oxygen atoms in total. The summed E-state index contributed by atoms with van der Waals surface area (Å²) in [6, 6.07) is 11.1. The van der Waals surface area contributed by atoms with Gasteiger partial charge in [0, 0.05) is 50.7 Å². The van der Waals surface area contributed by atoms with E-state index in [0.717, 1.165) is 57.3 Å². The van der Waals surface area contributed by atoms with Crippen LogP contribution in [0.1, 0.15) is 39.0 Å². The monoisotopic (exact) mass is 467 g/mol. The maximum absolute atomic E-state index is 12.5. The van der Waals surface area contributed by atoms with Crippen molar-refractivity contribution in [3.05, 3.63) is 36.5 Å². The van der Waals surface area contributed by atoms with Gasteiger partial charge in [0.05, 0.1) is 18.8 Å². The molecule has 0 unspecified atom stereocenters. The first-order valence-corrected chi connectivity index (χ1v) is 12.7. The average Bonchev–Trinajstić information content (AvgIpc) is 3.47. The molecule has 1 aromatic carbocycles. The number of hydrogen-bond acceptors (Lipinski definition) is 6. The molecule has 1 spiro atoms. The van der Waals surface area contributed by atoms with Gasteiger partial charge in [0.2, 0.25) is 0 Å². The van der Waals surface area contributed by atoms with Crippen molar-refractivity contribution in [2.24, 2.45) is 7.05 Å². The first kappa shape index (κ1) is 23.2. The molecule has 0 bridgehead atoms. The lowest BCUT2D eigenvalue weighted by atomic mass is 9.89. The Hall–Kier alpha value is -2.58. The number of carbonyl (C=O) groups excluding carboxylic acids is 1. The third kappa shape index (κ3) is 5.08. The Morgan fingerprint density at radius 1 is 1.15 bits per heavy atom. The molecule has 0 saturated carbocycles. The second-order valence-electron chi connectivity index (χ2n) is 10.0. The molecule has 3 aliphatic heterocycles. The lowest BCUT2D eigenvalue weighted by molar-refractivity contribution is -0.141. The van der Waals surface area contributed by atoms with E-state index in [0.29, 0.717) is 12.4 Å². The molecular weight excluding hydrogens is 430 g/mol. The predicted octanol–water partition coefficient (Wildman–Crippen LogP) is 3.08. The largest absolute Gasteiger partial charge is 0.494 e. The first-order valence-electron chi connectivity index (χ1n) is 12.7. The van der Waals surface area contributed by atoms with Crippen LogP contribution in [0.15, 0.2) is 36.5 Å². The van der Waals surface area contributed by atoms with E-state index < -0.39 is 0 Å². The number of carbonyl (C=O) groups is 1. The first-order chi connectivity index (χ1) is 16.5. The predicted molar refractivity (Wildman–Crippen MR) is 133 cm³/mol. The zero-order valence-corrected chi connectivity index (χ0v) is 20.5. The molecule has 5 rings (SSSR count). The van der Waals surface area contributed by atoms with Crippen molar-refractivity contribution in [1.29, 1.82) is 0 Å². The van der Waals surface area contributed by atoms with Crippen LogP contribution in [0.4, 0.5) is 11.5 Å². The number of likely N-dealkylation sites (tertiary alicyclic amines) is 1. The highest BCUT2D eigenvalue weighted by Gasteiger charge is 2.43. The summed E-state index contributed by atoms with van der Waals surface area (Å²) in [4.78, 5) is 19.2. The number of benzene rings is 1. The molecule has 4 heterocycles. The van der Waals surface area contributed by atoms with Crippen molar-refractivity contribution < 1.29 is 14.3 Å². The summed E-state index contributed by atoms with van der Waals surface area (Å²) in [6.45, 7) is 7.94. The molecular formula is C26H37N5O3. The number of amides is 1. The highest BCUT2D eigenvalue weighted by molar-refractivity contribution is 5.94. The number of morpholine rings is 1. The Morgan fingerprint density at radius 2 is 1.94 bits per heavy atom. The molecule has 184 valence electrons. The number of aryl methyl sites for hydroxylation is 1. The standard InChI is InChI=1S/C26H37N5O3/c1-21-5-3-13-29(21)14-4-18-33-23-8-6-22(7-9-23)30-16-11-26(12-17-30)20-31(25(32)19-34-26)24-10-15-28(2)27-24/h6-10,15,21H,3-5,11-14,16-20H2,1-2H3/t21-/m1/s1. The van der Waals surface area contributed by atoms with Crippen molar-refractivity contribution in [2.45, 2.75) is 50.7 Å². The van der Waals surface area contributed by atoms with Gasteiger partial charge in [-0.15, -0.1) is 0 Å². The van der Waals surface area contributed by atoms with Gasteiger partial charge in [-0.05, 0) is 69.8 Å². The van der Waals surface area contributed by atoms with E-state index in [4.69, 9.17) is 9.47 Å². The minimum absolute atomic E-state index is 0.0164. The third-order valence-corrected chi connectivity index (χ3v) is 7.65. The van der Waals surface area contributed by atoms with E-state index in [1.165, 1.54) is 25.1 Å². The summed E-state index contributed by atoms with van der Waals surface area (Å²) in [6.07, 6.45) is 7.36. The van der Waals surface area contributed by atoms with Crippen LogP contribution < -0.4 is 14.5 Å². The van der Waals surface area contributed by atoms with Crippen molar-refractivity contribution in [2.75, 3.05) is 55.7 Å². The molecule has 2 aromatic rings. The highest BCUT2D eigenvalue weighted by atomic mass is 16.5. The smallest absolute Gasteiger partial charge is 0.254 e. The Labute approximate surface area is 202 Å². The zero-order valence-electron chi connectivity index (χ0n) is 20.5. The van der Waals surface area contributed by atoms with Gasteiger partial charge in [-0.2, -0.15) is 5.10 Å². The quantitative estimate of drug-likeness (QED) is 0.584. The Balaban J connectivity index is 1.10. The van der Waals surface area contributed by atoms with Gasteiger partial charge >= 0.3 is 0 Å².